The Morgan fingerprint density at radius 3 is 2.26 bits per heavy atom. The number of nitrogens with zero attached hydrogens (tertiary/aromatic N) is 1. The smallest absolute Gasteiger partial charge is 0.408 e. The number of rotatable bonds is 6. The molecule has 0 unspecified atom stereocenters. The Labute approximate surface area is 273 Å². The van der Waals surface area contributed by atoms with Crippen LogP contribution >= 0.6 is 0 Å². The first kappa shape index (κ1) is 38.1. The first-order valence-corrected chi connectivity index (χ1v) is 16.4. The van der Waals surface area contributed by atoms with Crippen LogP contribution in [0.5, 0.6) is 0 Å². The normalized spacial score (nSPS) is 44.4. The molecule has 3 aliphatic rings. The number of cyclic esters (lactones) is 1. The minimum atomic E-state index is -1.32. The van der Waals surface area contributed by atoms with Crippen molar-refractivity contribution in [3.05, 3.63) is 0 Å². The molecule has 3 fully saturated rings. The van der Waals surface area contributed by atoms with E-state index >= 15 is 0 Å². The van der Waals surface area contributed by atoms with Gasteiger partial charge in [-0.15, -0.1) is 0 Å². The van der Waals surface area contributed by atoms with Crippen molar-refractivity contribution in [2.24, 2.45) is 23.7 Å². The summed E-state index contributed by atoms with van der Waals surface area (Å²) in [4.78, 5) is 54.4. The molecule has 2 N–H and O–H groups in total. The van der Waals surface area contributed by atoms with Gasteiger partial charge in [0.05, 0.1) is 41.9 Å². The average molecular weight is 657 g/mol. The molecule has 1 amide bonds. The predicted molar refractivity (Wildman–Crippen MR) is 167 cm³/mol. The molecule has 0 radical (unpaired) electrons. The Bertz CT molecular complexity index is 1120. The lowest BCUT2D eigenvalue weighted by molar-refractivity contribution is -0.303. The summed E-state index contributed by atoms with van der Waals surface area (Å²) in [6.45, 7) is 15.3. The molecule has 0 spiro atoms. The van der Waals surface area contributed by atoms with E-state index in [1.807, 2.05) is 25.9 Å². The monoisotopic (exact) mass is 656 g/mol. The SMILES string of the molecule is CC[C@H]1OC(=O)[C@H](C)[C@@H](O)[C@H](C)[C@@H](O[C@@H]2O[C@H](C)C[C@H](N(C)C)[C@H]2OC(C)=O)[C@](C)(OC)C[C@@H](C)C(=O)[C@H](C)[C@H]2NC(=O)O[C@@]21C. The third kappa shape index (κ3) is 7.69. The third-order valence-electron chi connectivity index (χ3n) is 10.4. The van der Waals surface area contributed by atoms with Crippen LogP contribution in [0.3, 0.4) is 0 Å². The number of nitrogens with one attached hydrogen (secondary N) is 1. The molecule has 14 atom stereocenters. The van der Waals surface area contributed by atoms with Crippen LogP contribution in [0.1, 0.15) is 81.6 Å². The Hall–Kier alpha value is -2.32. The highest BCUT2D eigenvalue weighted by molar-refractivity contribution is 5.85. The minimum absolute atomic E-state index is 0.156. The fraction of sp³-hybridized carbons (Fsp3) is 0.879. The van der Waals surface area contributed by atoms with E-state index in [-0.39, 0.29) is 24.3 Å². The molecule has 264 valence electrons. The molecule has 0 aromatic carbocycles. The molecule has 46 heavy (non-hydrogen) atoms. The van der Waals surface area contributed by atoms with Crippen LogP contribution in [0.2, 0.25) is 0 Å². The zero-order valence-electron chi connectivity index (χ0n) is 29.5. The van der Waals surface area contributed by atoms with Crippen LogP contribution in [0.15, 0.2) is 0 Å². The van der Waals surface area contributed by atoms with Crippen LogP contribution in [0, 0.1) is 23.7 Å². The van der Waals surface area contributed by atoms with Gasteiger partial charge in [0.2, 0.25) is 0 Å². The molecule has 3 heterocycles. The highest BCUT2D eigenvalue weighted by Gasteiger charge is 2.57. The Balaban J connectivity index is 2.12. The van der Waals surface area contributed by atoms with Gasteiger partial charge in [0.1, 0.15) is 11.9 Å². The van der Waals surface area contributed by atoms with Gasteiger partial charge >= 0.3 is 18.0 Å². The van der Waals surface area contributed by atoms with E-state index in [0.717, 1.165) is 0 Å². The Morgan fingerprint density at radius 1 is 1.09 bits per heavy atom. The maximum Gasteiger partial charge on any atom is 0.408 e. The van der Waals surface area contributed by atoms with Crippen LogP contribution < -0.4 is 5.32 Å². The Kier molecular flexibility index (Phi) is 12.3. The molecule has 3 aliphatic heterocycles. The van der Waals surface area contributed by atoms with Crippen LogP contribution in [-0.4, -0.2) is 115 Å². The van der Waals surface area contributed by atoms with Gasteiger partial charge in [-0.05, 0) is 61.1 Å². The number of methoxy groups -OCH3 is 1. The van der Waals surface area contributed by atoms with Crippen molar-refractivity contribution in [1.29, 1.82) is 0 Å². The summed E-state index contributed by atoms with van der Waals surface area (Å²) < 4.78 is 36.5. The second-order valence-corrected chi connectivity index (χ2v) is 14.2. The average Bonchev–Trinajstić information content (AvgIpc) is 3.30. The number of ketones is 1. The molecule has 13 heteroatoms. The van der Waals surface area contributed by atoms with E-state index in [0.29, 0.717) is 12.8 Å². The van der Waals surface area contributed by atoms with Gasteiger partial charge in [0.15, 0.2) is 18.0 Å². The molecule has 0 aromatic heterocycles. The van der Waals surface area contributed by atoms with E-state index in [1.54, 1.807) is 48.5 Å². The summed E-state index contributed by atoms with van der Waals surface area (Å²) in [5, 5.41) is 14.5. The maximum absolute atomic E-state index is 14.1. The van der Waals surface area contributed by atoms with Crippen molar-refractivity contribution in [2.75, 3.05) is 21.2 Å². The number of fused-ring (bicyclic) bond motifs is 1. The van der Waals surface area contributed by atoms with Gasteiger partial charge in [0.25, 0.3) is 0 Å². The van der Waals surface area contributed by atoms with Crippen LogP contribution in [0.25, 0.3) is 0 Å². The second-order valence-electron chi connectivity index (χ2n) is 14.2. The van der Waals surface area contributed by atoms with Crippen molar-refractivity contribution >= 4 is 23.8 Å². The number of likely N-dealkylation sites (N-methyl/N-ethyl adjacent to an activating group) is 1. The number of hydrogen-bond donors (Lipinski definition) is 2. The molecule has 0 aromatic rings. The minimum Gasteiger partial charge on any atom is -0.458 e. The Morgan fingerprint density at radius 2 is 1.72 bits per heavy atom. The summed E-state index contributed by atoms with van der Waals surface area (Å²) in [7, 11) is 5.27. The lowest BCUT2D eigenvalue weighted by Crippen LogP contribution is -2.61. The summed E-state index contributed by atoms with van der Waals surface area (Å²) in [5.41, 5.74) is -2.53. The standard InChI is InChI=1S/C33H56N2O11/c1-13-23-33(9)27(34-31(40)46-33)18(4)24(37)16(2)15-32(8,41-12)28(19(5)25(38)20(6)29(39)44-23)45-30-26(43-21(7)36)22(35(10)11)14-17(3)42-30/h16-20,22-23,25-28,30,38H,13-15H2,1-12H3,(H,34,40)/t16-,17-,18+,19+,20-,22+,23-,25+,26-,27-,28-,30+,32-,33-/m1/s1. The molecule has 0 saturated carbocycles. The van der Waals surface area contributed by atoms with Gasteiger partial charge in [-0.25, -0.2) is 4.79 Å². The number of aliphatic hydroxyl groups is 1. The zero-order chi connectivity index (χ0) is 34.9. The topological polar surface area (TPSA) is 159 Å². The number of ether oxygens (including phenoxy) is 6. The molecule has 3 rings (SSSR count). The van der Waals surface area contributed by atoms with Crippen molar-refractivity contribution in [2.45, 2.75) is 142 Å². The quantitative estimate of drug-likeness (QED) is 0.319. The lowest BCUT2D eigenvalue weighted by Gasteiger charge is -2.48. The fourth-order valence-electron chi connectivity index (χ4n) is 7.64. The van der Waals surface area contributed by atoms with Crippen LogP contribution in [-0.2, 0) is 42.8 Å². The maximum atomic E-state index is 14.1. The predicted octanol–water partition coefficient (Wildman–Crippen LogP) is 2.84. The summed E-state index contributed by atoms with van der Waals surface area (Å²) in [5.74, 6) is -4.43. The molecular weight excluding hydrogens is 600 g/mol. The van der Waals surface area contributed by atoms with Crippen molar-refractivity contribution < 1.29 is 52.7 Å². The van der Waals surface area contributed by atoms with E-state index in [4.69, 9.17) is 28.4 Å². The molecule has 0 aliphatic carbocycles. The number of esters is 2. The van der Waals surface area contributed by atoms with Crippen LogP contribution in [0.4, 0.5) is 4.79 Å². The number of carbonyl (C=O) groups is 4. The fourth-order valence-corrected chi connectivity index (χ4v) is 7.64. The summed E-state index contributed by atoms with van der Waals surface area (Å²) in [6, 6.07) is -1.01. The highest BCUT2D eigenvalue weighted by Crippen LogP contribution is 2.41. The van der Waals surface area contributed by atoms with Gasteiger partial charge in [0, 0.05) is 31.8 Å². The molecular formula is C33H56N2O11. The number of amides is 1. The van der Waals surface area contributed by atoms with E-state index in [2.05, 4.69) is 5.32 Å². The first-order valence-electron chi connectivity index (χ1n) is 16.4. The van der Waals surface area contributed by atoms with Gasteiger partial charge in [-0.3, -0.25) is 14.4 Å². The van der Waals surface area contributed by atoms with Crippen molar-refractivity contribution in [1.82, 2.24) is 10.2 Å². The first-order chi connectivity index (χ1) is 21.3. The largest absolute Gasteiger partial charge is 0.458 e. The second kappa shape index (κ2) is 14.8. The molecule has 3 saturated heterocycles. The number of Topliss-reactive ketones (excluding diaryl/α,β-unsaturated/α-hetero) is 1. The van der Waals surface area contributed by atoms with Crippen molar-refractivity contribution in [3.8, 4) is 0 Å². The van der Waals surface area contributed by atoms with Gasteiger partial charge in [-0.1, -0.05) is 27.7 Å². The van der Waals surface area contributed by atoms with E-state index in [9.17, 15) is 24.3 Å². The molecule has 0 bridgehead atoms. The number of aliphatic hydroxyl groups excluding tert-OH is 1. The number of hydrogen-bond acceptors (Lipinski definition) is 12. The third-order valence-corrected chi connectivity index (χ3v) is 10.4. The summed E-state index contributed by atoms with van der Waals surface area (Å²) in [6.07, 6.45) is -4.88. The van der Waals surface area contributed by atoms with E-state index in [1.165, 1.54) is 14.0 Å². The highest BCUT2D eigenvalue weighted by atomic mass is 16.7. The lowest BCUT2D eigenvalue weighted by atomic mass is 9.73. The molecule has 13 nitrogen and oxygen atoms in total. The van der Waals surface area contributed by atoms with Gasteiger partial charge < -0.3 is 43.7 Å². The number of alkyl carbamates (subject to hydrolysis) is 1. The van der Waals surface area contributed by atoms with Gasteiger partial charge in [-0.2, -0.15) is 0 Å². The van der Waals surface area contributed by atoms with Crippen molar-refractivity contribution in [3.63, 3.8) is 0 Å². The summed E-state index contributed by atoms with van der Waals surface area (Å²) >= 11 is 0. The zero-order valence-corrected chi connectivity index (χ0v) is 29.5. The number of carbonyl (C=O) groups excluding carboxylic acids is 4. The van der Waals surface area contributed by atoms with E-state index < -0.39 is 89.7 Å².